The van der Waals surface area contributed by atoms with Gasteiger partial charge in [-0.1, -0.05) is 42.5 Å². The minimum atomic E-state index is -0.0921. The second kappa shape index (κ2) is 7.51. The van der Waals surface area contributed by atoms with E-state index in [1.54, 1.807) is 36.0 Å². The van der Waals surface area contributed by atoms with E-state index < -0.39 is 0 Å². The molecular weight excluding hydrogens is 280 g/mol. The Kier molecular flexibility index (Phi) is 5.42. The van der Waals surface area contributed by atoms with E-state index in [0.717, 1.165) is 0 Å². The summed E-state index contributed by atoms with van der Waals surface area (Å²) in [5, 5.41) is 12.0. The maximum Gasteiger partial charge on any atom is 0.234 e. The number of nitrogens with one attached hydrogen (secondary N) is 1. The summed E-state index contributed by atoms with van der Waals surface area (Å²) in [4.78, 5) is 12.0. The van der Waals surface area contributed by atoms with E-state index in [-0.39, 0.29) is 11.2 Å². The smallest absolute Gasteiger partial charge is 0.234 e. The molecule has 21 heavy (non-hydrogen) atoms. The van der Waals surface area contributed by atoms with Crippen molar-refractivity contribution < 1.29 is 4.79 Å². The molecule has 2 aromatic carbocycles. The van der Waals surface area contributed by atoms with Crippen LogP contribution in [0.5, 0.6) is 0 Å². The zero-order valence-electron chi connectivity index (χ0n) is 11.7. The number of thioether (sulfide) groups is 1. The van der Waals surface area contributed by atoms with E-state index in [0.29, 0.717) is 17.0 Å². The van der Waals surface area contributed by atoms with Gasteiger partial charge in [-0.3, -0.25) is 4.79 Å². The van der Waals surface area contributed by atoms with Gasteiger partial charge in [0.1, 0.15) is 6.07 Å². The van der Waals surface area contributed by atoms with Crippen molar-refractivity contribution in [3.63, 3.8) is 0 Å². The van der Waals surface area contributed by atoms with Crippen molar-refractivity contribution in [3.05, 3.63) is 65.7 Å². The minimum Gasteiger partial charge on any atom is -0.324 e. The predicted octanol–water partition coefficient (Wildman–Crippen LogP) is 3.99. The number of carbonyl (C=O) groups excluding carboxylic acids is 1. The SMILES string of the molecule is C[C@@H](SCC(=O)Nc1ccccc1C#N)c1ccccc1. The van der Waals surface area contributed by atoms with Crippen LogP contribution in [-0.4, -0.2) is 11.7 Å². The number of carbonyl (C=O) groups is 1. The summed E-state index contributed by atoms with van der Waals surface area (Å²) < 4.78 is 0. The van der Waals surface area contributed by atoms with Crippen molar-refractivity contribution >= 4 is 23.4 Å². The zero-order valence-corrected chi connectivity index (χ0v) is 12.6. The maximum absolute atomic E-state index is 12.0. The standard InChI is InChI=1S/C17H16N2OS/c1-13(14-7-3-2-4-8-14)21-12-17(20)19-16-10-6-5-9-15(16)11-18/h2-10,13H,12H2,1H3,(H,19,20)/t13-/m1/s1. The van der Waals surface area contributed by atoms with Crippen LogP contribution in [0.2, 0.25) is 0 Å². The molecule has 2 rings (SSSR count). The molecule has 0 heterocycles. The largest absolute Gasteiger partial charge is 0.324 e. The molecule has 1 N–H and O–H groups in total. The predicted molar refractivity (Wildman–Crippen MR) is 87.1 cm³/mol. The number of benzene rings is 2. The average Bonchev–Trinajstić information content (AvgIpc) is 2.54. The number of anilines is 1. The molecule has 0 saturated heterocycles. The Balaban J connectivity index is 1.90. The third-order valence-electron chi connectivity index (χ3n) is 3.06. The van der Waals surface area contributed by atoms with E-state index in [2.05, 4.69) is 30.4 Å². The van der Waals surface area contributed by atoms with Gasteiger partial charge in [-0.2, -0.15) is 5.26 Å². The molecule has 0 fully saturated rings. The highest BCUT2D eigenvalue weighted by molar-refractivity contribution is 8.00. The number of amides is 1. The lowest BCUT2D eigenvalue weighted by molar-refractivity contribution is -0.113. The number of rotatable bonds is 5. The van der Waals surface area contributed by atoms with E-state index in [9.17, 15) is 4.79 Å². The Morgan fingerprint density at radius 2 is 1.86 bits per heavy atom. The highest BCUT2D eigenvalue weighted by Gasteiger charge is 2.10. The molecule has 0 unspecified atom stereocenters. The molecule has 106 valence electrons. The Morgan fingerprint density at radius 3 is 2.57 bits per heavy atom. The van der Waals surface area contributed by atoms with Crippen molar-refractivity contribution in [2.24, 2.45) is 0 Å². The summed E-state index contributed by atoms with van der Waals surface area (Å²) in [5.41, 5.74) is 2.25. The van der Waals surface area contributed by atoms with Gasteiger partial charge in [-0.15, -0.1) is 11.8 Å². The second-order valence-electron chi connectivity index (χ2n) is 4.57. The number of hydrogen-bond acceptors (Lipinski definition) is 3. The summed E-state index contributed by atoms with van der Waals surface area (Å²) >= 11 is 1.58. The van der Waals surface area contributed by atoms with Gasteiger partial charge in [0.05, 0.1) is 17.0 Å². The molecule has 0 aliphatic heterocycles. The van der Waals surface area contributed by atoms with Crippen molar-refractivity contribution in [2.45, 2.75) is 12.2 Å². The van der Waals surface area contributed by atoms with Crippen LogP contribution in [0.25, 0.3) is 0 Å². The van der Waals surface area contributed by atoms with Gasteiger partial charge in [-0.25, -0.2) is 0 Å². The van der Waals surface area contributed by atoms with Crippen LogP contribution >= 0.6 is 11.8 Å². The van der Waals surface area contributed by atoms with E-state index in [4.69, 9.17) is 5.26 Å². The Bertz CT molecular complexity index is 649. The third-order valence-corrected chi connectivity index (χ3v) is 4.26. The molecule has 1 amide bonds. The van der Waals surface area contributed by atoms with Gasteiger partial charge in [0.2, 0.25) is 5.91 Å². The van der Waals surface area contributed by atoms with Crippen LogP contribution in [0.4, 0.5) is 5.69 Å². The molecule has 0 aliphatic rings. The van der Waals surface area contributed by atoms with Gasteiger partial charge < -0.3 is 5.32 Å². The van der Waals surface area contributed by atoms with Gasteiger partial charge in [0.15, 0.2) is 0 Å². The van der Waals surface area contributed by atoms with Crippen LogP contribution in [0.3, 0.4) is 0 Å². The quantitative estimate of drug-likeness (QED) is 0.907. The van der Waals surface area contributed by atoms with E-state index in [1.807, 2.05) is 18.2 Å². The zero-order chi connectivity index (χ0) is 15.1. The van der Waals surface area contributed by atoms with E-state index in [1.165, 1.54) is 5.56 Å². The maximum atomic E-state index is 12.0. The van der Waals surface area contributed by atoms with Crippen LogP contribution in [0.1, 0.15) is 23.3 Å². The fourth-order valence-corrected chi connectivity index (χ4v) is 2.72. The molecule has 0 spiro atoms. The monoisotopic (exact) mass is 296 g/mol. The summed E-state index contributed by atoms with van der Waals surface area (Å²) in [7, 11) is 0. The first-order valence-electron chi connectivity index (χ1n) is 6.66. The molecule has 0 bridgehead atoms. The molecule has 4 heteroatoms. The molecule has 0 radical (unpaired) electrons. The summed E-state index contributed by atoms with van der Waals surface area (Å²) in [6, 6.07) is 19.2. The molecule has 3 nitrogen and oxygen atoms in total. The lowest BCUT2D eigenvalue weighted by atomic mass is 10.2. The third kappa shape index (κ3) is 4.37. The first-order chi connectivity index (χ1) is 10.2. The molecule has 0 aliphatic carbocycles. The minimum absolute atomic E-state index is 0.0921. The van der Waals surface area contributed by atoms with Crippen molar-refractivity contribution in [1.82, 2.24) is 0 Å². The lowest BCUT2D eigenvalue weighted by Crippen LogP contribution is -2.15. The van der Waals surface area contributed by atoms with Crippen LogP contribution in [-0.2, 0) is 4.79 Å². The van der Waals surface area contributed by atoms with Crippen LogP contribution in [0, 0.1) is 11.3 Å². The van der Waals surface area contributed by atoms with Gasteiger partial charge in [-0.05, 0) is 24.6 Å². The molecule has 2 aromatic rings. The fraction of sp³-hybridized carbons (Fsp3) is 0.176. The van der Waals surface area contributed by atoms with Crippen molar-refractivity contribution in [2.75, 3.05) is 11.1 Å². The van der Waals surface area contributed by atoms with Crippen LogP contribution < -0.4 is 5.32 Å². The Labute approximate surface area is 129 Å². The number of nitriles is 1. The highest BCUT2D eigenvalue weighted by Crippen LogP contribution is 2.27. The molecule has 0 aromatic heterocycles. The Morgan fingerprint density at radius 1 is 1.19 bits per heavy atom. The van der Waals surface area contributed by atoms with Crippen LogP contribution in [0.15, 0.2) is 54.6 Å². The van der Waals surface area contributed by atoms with Gasteiger partial charge >= 0.3 is 0 Å². The van der Waals surface area contributed by atoms with Crippen molar-refractivity contribution in [3.8, 4) is 6.07 Å². The molecule has 0 saturated carbocycles. The number of hydrogen-bond donors (Lipinski definition) is 1. The fourth-order valence-electron chi connectivity index (χ4n) is 1.90. The second-order valence-corrected chi connectivity index (χ2v) is 5.90. The number of para-hydroxylation sites is 1. The first kappa shape index (κ1) is 15.1. The Hall–Kier alpha value is -2.25. The average molecular weight is 296 g/mol. The van der Waals surface area contributed by atoms with Gasteiger partial charge in [0.25, 0.3) is 0 Å². The topological polar surface area (TPSA) is 52.9 Å². The summed E-state index contributed by atoms with van der Waals surface area (Å²) in [5.74, 6) is 0.265. The van der Waals surface area contributed by atoms with Gasteiger partial charge in [0, 0.05) is 5.25 Å². The molecule has 1 atom stereocenters. The molecular formula is C17H16N2OS. The first-order valence-corrected chi connectivity index (χ1v) is 7.71. The van der Waals surface area contributed by atoms with E-state index >= 15 is 0 Å². The van der Waals surface area contributed by atoms with Crippen molar-refractivity contribution in [1.29, 1.82) is 5.26 Å². The summed E-state index contributed by atoms with van der Waals surface area (Å²) in [6.45, 7) is 2.08. The number of nitrogens with zero attached hydrogens (tertiary/aromatic N) is 1. The normalized spacial score (nSPS) is 11.4. The summed E-state index contributed by atoms with van der Waals surface area (Å²) in [6.07, 6.45) is 0. The lowest BCUT2D eigenvalue weighted by Gasteiger charge is -2.12. The highest BCUT2D eigenvalue weighted by atomic mass is 32.2.